The Morgan fingerprint density at radius 2 is 1.27 bits per heavy atom. The Morgan fingerprint density at radius 3 is 1.73 bits per heavy atom. The van der Waals surface area contributed by atoms with Crippen molar-refractivity contribution >= 4 is 7.12 Å². The third-order valence-corrected chi connectivity index (χ3v) is 2.62. The monoisotopic (exact) mass is 212 g/mol. The highest BCUT2D eigenvalue weighted by Gasteiger charge is 2.04. The van der Waals surface area contributed by atoms with Crippen LogP contribution >= 0.6 is 0 Å². The van der Waals surface area contributed by atoms with Gasteiger partial charge < -0.3 is 10.0 Å². The third-order valence-electron chi connectivity index (χ3n) is 2.62. The molecule has 0 saturated carbocycles. The van der Waals surface area contributed by atoms with Crippen molar-refractivity contribution in [2.24, 2.45) is 0 Å². The zero-order chi connectivity index (χ0) is 11.4. The molecule has 0 heterocycles. The van der Waals surface area contributed by atoms with E-state index in [2.05, 4.69) is 6.58 Å². The van der Waals surface area contributed by atoms with Gasteiger partial charge in [0, 0.05) is 0 Å². The Labute approximate surface area is 94.5 Å². The smallest absolute Gasteiger partial charge is 0.427 e. The summed E-state index contributed by atoms with van der Waals surface area (Å²) < 4.78 is 0. The number of allylic oxidation sites excluding steroid dienone is 1. The van der Waals surface area contributed by atoms with Gasteiger partial charge in [0.25, 0.3) is 0 Å². The zero-order valence-electron chi connectivity index (χ0n) is 9.83. The summed E-state index contributed by atoms with van der Waals surface area (Å²) in [5, 5.41) is 17.2. The predicted octanol–water partition coefficient (Wildman–Crippen LogP) is 3.16. The van der Waals surface area contributed by atoms with Crippen molar-refractivity contribution in [2.45, 2.75) is 64.1 Å². The van der Waals surface area contributed by atoms with Gasteiger partial charge in [0.15, 0.2) is 0 Å². The van der Waals surface area contributed by atoms with E-state index in [-0.39, 0.29) is 0 Å². The molecule has 0 unspecified atom stereocenters. The summed E-state index contributed by atoms with van der Waals surface area (Å²) >= 11 is 0. The predicted molar refractivity (Wildman–Crippen MR) is 66.7 cm³/mol. The molecule has 0 rings (SSSR count). The molecular weight excluding hydrogens is 187 g/mol. The highest BCUT2D eigenvalue weighted by Crippen LogP contribution is 2.10. The Balaban J connectivity index is 2.89. The molecule has 0 aromatic carbocycles. The van der Waals surface area contributed by atoms with E-state index < -0.39 is 7.12 Å². The Bertz CT molecular complexity index is 138. The molecule has 0 fully saturated rings. The normalized spacial score (nSPS) is 10.3. The molecular formula is C12H25BO2. The van der Waals surface area contributed by atoms with Gasteiger partial charge >= 0.3 is 7.12 Å². The fourth-order valence-corrected chi connectivity index (χ4v) is 1.68. The molecule has 0 radical (unpaired) electrons. The fourth-order valence-electron chi connectivity index (χ4n) is 1.68. The van der Waals surface area contributed by atoms with E-state index >= 15 is 0 Å². The second-order valence-corrected chi connectivity index (χ2v) is 4.18. The van der Waals surface area contributed by atoms with Gasteiger partial charge in [0.05, 0.1) is 0 Å². The first-order chi connectivity index (χ1) is 7.27. The largest absolute Gasteiger partial charge is 0.451 e. The first-order valence-corrected chi connectivity index (χ1v) is 6.24. The Hall–Kier alpha value is -0.275. The lowest BCUT2D eigenvalue weighted by Gasteiger charge is -2.01. The van der Waals surface area contributed by atoms with E-state index in [0.29, 0.717) is 6.32 Å². The summed E-state index contributed by atoms with van der Waals surface area (Å²) in [6.07, 6.45) is 13.5. The van der Waals surface area contributed by atoms with Gasteiger partial charge in [-0.25, -0.2) is 0 Å². The second kappa shape index (κ2) is 11.8. The molecule has 0 aliphatic heterocycles. The van der Waals surface area contributed by atoms with Crippen LogP contribution < -0.4 is 0 Å². The second-order valence-electron chi connectivity index (χ2n) is 4.18. The van der Waals surface area contributed by atoms with Crippen LogP contribution in [0.25, 0.3) is 0 Å². The van der Waals surface area contributed by atoms with Gasteiger partial charge in [-0.1, -0.05) is 51.0 Å². The molecule has 0 aliphatic carbocycles. The molecule has 0 aliphatic rings. The van der Waals surface area contributed by atoms with E-state index in [1.165, 1.54) is 38.5 Å². The van der Waals surface area contributed by atoms with Crippen LogP contribution in [0.5, 0.6) is 0 Å². The number of hydrogen-bond acceptors (Lipinski definition) is 2. The van der Waals surface area contributed by atoms with Crippen LogP contribution in [0.1, 0.15) is 57.8 Å². The molecule has 88 valence electrons. The van der Waals surface area contributed by atoms with Gasteiger partial charge in [-0.2, -0.15) is 0 Å². The van der Waals surface area contributed by atoms with Gasteiger partial charge in [0.2, 0.25) is 0 Å². The van der Waals surface area contributed by atoms with Crippen molar-refractivity contribution in [3.63, 3.8) is 0 Å². The molecule has 0 aromatic heterocycles. The number of rotatable bonds is 11. The van der Waals surface area contributed by atoms with E-state index in [1.54, 1.807) is 0 Å². The van der Waals surface area contributed by atoms with Crippen molar-refractivity contribution in [1.82, 2.24) is 0 Å². The molecule has 0 atom stereocenters. The quantitative estimate of drug-likeness (QED) is 0.313. The summed E-state index contributed by atoms with van der Waals surface area (Å²) in [6.45, 7) is 3.70. The standard InChI is InChI=1S/C12H25BO2/c1-2-3-4-5-6-7-8-9-10-11-12-13(14)15/h2,14-15H,1,3-12H2. The third kappa shape index (κ3) is 13.7. The van der Waals surface area contributed by atoms with Crippen LogP contribution in [0, 0.1) is 0 Å². The van der Waals surface area contributed by atoms with Crippen LogP contribution in [-0.4, -0.2) is 17.2 Å². The number of unbranched alkanes of at least 4 members (excludes halogenated alkanes) is 8. The summed E-state index contributed by atoms with van der Waals surface area (Å²) in [4.78, 5) is 0. The minimum atomic E-state index is -1.11. The first-order valence-electron chi connectivity index (χ1n) is 6.24. The molecule has 0 spiro atoms. The lowest BCUT2D eigenvalue weighted by molar-refractivity contribution is 0.401. The highest BCUT2D eigenvalue weighted by atomic mass is 16.4. The molecule has 2 nitrogen and oxygen atoms in total. The molecule has 2 N–H and O–H groups in total. The van der Waals surface area contributed by atoms with Crippen LogP contribution in [0.4, 0.5) is 0 Å². The van der Waals surface area contributed by atoms with E-state index in [9.17, 15) is 0 Å². The van der Waals surface area contributed by atoms with Crippen molar-refractivity contribution in [2.75, 3.05) is 0 Å². The molecule has 0 aromatic rings. The Morgan fingerprint density at radius 1 is 0.800 bits per heavy atom. The van der Waals surface area contributed by atoms with Crippen LogP contribution in [0.2, 0.25) is 6.32 Å². The van der Waals surface area contributed by atoms with Gasteiger partial charge in [-0.15, -0.1) is 6.58 Å². The van der Waals surface area contributed by atoms with Crippen LogP contribution in [0.15, 0.2) is 12.7 Å². The Kier molecular flexibility index (Phi) is 11.6. The maximum absolute atomic E-state index is 8.62. The minimum Gasteiger partial charge on any atom is -0.427 e. The van der Waals surface area contributed by atoms with E-state index in [4.69, 9.17) is 10.0 Å². The summed E-state index contributed by atoms with van der Waals surface area (Å²) in [5.41, 5.74) is 0. The topological polar surface area (TPSA) is 40.5 Å². The lowest BCUT2D eigenvalue weighted by Crippen LogP contribution is -2.09. The van der Waals surface area contributed by atoms with Crippen molar-refractivity contribution < 1.29 is 10.0 Å². The van der Waals surface area contributed by atoms with Crippen molar-refractivity contribution in [1.29, 1.82) is 0 Å². The van der Waals surface area contributed by atoms with Crippen molar-refractivity contribution in [3.05, 3.63) is 12.7 Å². The average Bonchev–Trinajstić information content (AvgIpc) is 2.20. The van der Waals surface area contributed by atoms with Crippen LogP contribution in [-0.2, 0) is 0 Å². The molecule has 15 heavy (non-hydrogen) atoms. The van der Waals surface area contributed by atoms with Crippen LogP contribution in [0.3, 0.4) is 0 Å². The SMILES string of the molecule is C=CCCCCCCCCCCB(O)O. The van der Waals surface area contributed by atoms with Gasteiger partial charge in [0.1, 0.15) is 0 Å². The lowest BCUT2D eigenvalue weighted by atomic mass is 9.83. The fraction of sp³-hybridized carbons (Fsp3) is 0.833. The highest BCUT2D eigenvalue weighted by molar-refractivity contribution is 6.40. The number of hydrogen-bond donors (Lipinski definition) is 2. The maximum Gasteiger partial charge on any atom is 0.451 e. The molecule has 3 heteroatoms. The molecule has 0 saturated heterocycles. The van der Waals surface area contributed by atoms with Gasteiger partial charge in [-0.3, -0.25) is 0 Å². The summed E-state index contributed by atoms with van der Waals surface area (Å²) in [5.74, 6) is 0. The van der Waals surface area contributed by atoms with Gasteiger partial charge in [-0.05, 0) is 19.2 Å². The molecule has 0 amide bonds. The van der Waals surface area contributed by atoms with E-state index in [0.717, 1.165) is 19.3 Å². The average molecular weight is 212 g/mol. The zero-order valence-corrected chi connectivity index (χ0v) is 9.83. The molecule has 0 bridgehead atoms. The summed E-state index contributed by atoms with van der Waals surface area (Å²) in [7, 11) is -1.11. The van der Waals surface area contributed by atoms with E-state index in [1.807, 2.05) is 6.08 Å². The van der Waals surface area contributed by atoms with Crippen molar-refractivity contribution in [3.8, 4) is 0 Å². The summed E-state index contributed by atoms with van der Waals surface area (Å²) in [6, 6.07) is 0. The minimum absolute atomic E-state index is 0.527. The maximum atomic E-state index is 8.62. The first kappa shape index (κ1) is 14.7.